The highest BCUT2D eigenvalue weighted by Crippen LogP contribution is 2.80. The summed E-state index contributed by atoms with van der Waals surface area (Å²) < 4.78 is 0. The molecule has 1 aromatic carbocycles. The van der Waals surface area contributed by atoms with Crippen LogP contribution in [0.25, 0.3) is 0 Å². The van der Waals surface area contributed by atoms with E-state index in [1.807, 2.05) is 0 Å². The Morgan fingerprint density at radius 2 is 1.73 bits per heavy atom. The number of carbonyl (C=O) groups is 1. The zero-order chi connectivity index (χ0) is 18.0. The van der Waals surface area contributed by atoms with E-state index < -0.39 is 0 Å². The second-order valence-corrected chi connectivity index (χ2v) is 10.5. The third-order valence-electron chi connectivity index (χ3n) is 8.32. The van der Waals surface area contributed by atoms with Gasteiger partial charge in [-0.3, -0.25) is 4.79 Å². The summed E-state index contributed by atoms with van der Waals surface area (Å²) in [7, 11) is 0. The van der Waals surface area contributed by atoms with Gasteiger partial charge in [0.25, 0.3) is 0 Å². The minimum atomic E-state index is -0.152. The molecule has 2 N–H and O–H groups in total. The van der Waals surface area contributed by atoms with Crippen LogP contribution in [0.2, 0.25) is 0 Å². The fourth-order valence-electron chi connectivity index (χ4n) is 7.93. The average molecular weight is 353 g/mol. The predicted molar refractivity (Wildman–Crippen MR) is 104 cm³/mol. The van der Waals surface area contributed by atoms with Crippen molar-refractivity contribution < 1.29 is 4.79 Å². The van der Waals surface area contributed by atoms with E-state index in [4.69, 9.17) is 0 Å². The predicted octanol–water partition coefficient (Wildman–Crippen LogP) is 3.78. The lowest BCUT2D eigenvalue weighted by molar-refractivity contribution is -0.137. The fourth-order valence-corrected chi connectivity index (χ4v) is 7.93. The normalized spacial score (nSPS) is 44.4. The van der Waals surface area contributed by atoms with Gasteiger partial charge in [0.1, 0.15) is 0 Å². The molecule has 1 aliphatic heterocycles. The van der Waals surface area contributed by atoms with E-state index in [0.717, 1.165) is 45.2 Å². The molecule has 4 unspecified atom stereocenters. The summed E-state index contributed by atoms with van der Waals surface area (Å²) in [4.78, 5) is 13.5. The Labute approximate surface area is 157 Å². The zero-order valence-electron chi connectivity index (χ0n) is 16.2. The Bertz CT molecular complexity index is 727. The largest absolute Gasteiger partial charge is 0.353 e. The lowest BCUT2D eigenvalue weighted by Gasteiger charge is -2.46. The molecule has 4 atom stereocenters. The summed E-state index contributed by atoms with van der Waals surface area (Å²) in [6, 6.07) is 11.5. The first-order valence-electron chi connectivity index (χ1n) is 10.5. The number of nitrogens with one attached hydrogen (secondary N) is 2. The maximum absolute atomic E-state index is 13.5. The van der Waals surface area contributed by atoms with Gasteiger partial charge in [0, 0.05) is 11.5 Å². The van der Waals surface area contributed by atoms with Crippen molar-refractivity contribution in [2.24, 2.45) is 16.2 Å². The third-order valence-corrected chi connectivity index (χ3v) is 8.32. The molecule has 4 saturated carbocycles. The molecule has 1 aromatic rings. The number of amides is 1. The standard InChI is InChI=1S/C23H32N2O/c1-20-12-21(2)15-22(13-20,19(26)25-18-8-10-24-11-9-18)16-23(21,14-20)17-6-4-3-5-7-17/h3-7,18,24H,8-16H2,1-2H3,(H,25,26). The summed E-state index contributed by atoms with van der Waals surface area (Å²) in [5, 5.41) is 6.87. The second-order valence-electron chi connectivity index (χ2n) is 10.5. The van der Waals surface area contributed by atoms with E-state index in [9.17, 15) is 4.79 Å². The Morgan fingerprint density at radius 3 is 2.46 bits per heavy atom. The molecule has 1 heterocycles. The van der Waals surface area contributed by atoms with Gasteiger partial charge in [-0.15, -0.1) is 0 Å². The van der Waals surface area contributed by atoms with Crippen LogP contribution in [0.15, 0.2) is 30.3 Å². The highest BCUT2D eigenvalue weighted by Gasteiger charge is 2.75. The van der Waals surface area contributed by atoms with E-state index in [0.29, 0.717) is 17.4 Å². The van der Waals surface area contributed by atoms with Crippen LogP contribution in [0.3, 0.4) is 0 Å². The van der Waals surface area contributed by atoms with E-state index in [1.54, 1.807) is 0 Å². The average Bonchev–Trinajstić information content (AvgIpc) is 2.90. The van der Waals surface area contributed by atoms with Gasteiger partial charge in [-0.1, -0.05) is 44.2 Å². The number of hydrogen-bond acceptors (Lipinski definition) is 2. The molecule has 3 heteroatoms. The molecule has 5 fully saturated rings. The summed E-state index contributed by atoms with van der Waals surface area (Å²) in [5.74, 6) is 0.360. The number of carbonyl (C=O) groups excluding carboxylic acids is 1. The van der Waals surface area contributed by atoms with Crippen LogP contribution >= 0.6 is 0 Å². The van der Waals surface area contributed by atoms with Crippen LogP contribution < -0.4 is 10.6 Å². The number of hydrogen-bond donors (Lipinski definition) is 2. The molecule has 1 saturated heterocycles. The van der Waals surface area contributed by atoms with Crippen molar-refractivity contribution in [3.05, 3.63) is 35.9 Å². The molecule has 0 radical (unpaired) electrons. The summed E-state index contributed by atoms with van der Waals surface area (Å²) in [6.07, 6.45) is 7.87. The lowest BCUT2D eigenvalue weighted by Crippen LogP contribution is -2.52. The van der Waals surface area contributed by atoms with Crippen molar-refractivity contribution in [3.63, 3.8) is 0 Å². The van der Waals surface area contributed by atoms with Crippen LogP contribution in [-0.4, -0.2) is 25.0 Å². The minimum absolute atomic E-state index is 0.152. The molecule has 0 spiro atoms. The summed E-state index contributed by atoms with van der Waals surface area (Å²) >= 11 is 0. The smallest absolute Gasteiger partial charge is 0.226 e. The molecule has 26 heavy (non-hydrogen) atoms. The second kappa shape index (κ2) is 5.34. The zero-order valence-corrected chi connectivity index (χ0v) is 16.2. The van der Waals surface area contributed by atoms with Crippen LogP contribution in [-0.2, 0) is 10.2 Å². The van der Waals surface area contributed by atoms with E-state index in [-0.39, 0.29) is 16.2 Å². The fraction of sp³-hybridized carbons (Fsp3) is 0.696. The van der Waals surface area contributed by atoms with Crippen molar-refractivity contribution in [2.75, 3.05) is 13.1 Å². The maximum Gasteiger partial charge on any atom is 0.226 e. The Kier molecular flexibility index (Phi) is 3.45. The third kappa shape index (κ3) is 2.19. The number of benzene rings is 1. The van der Waals surface area contributed by atoms with Gasteiger partial charge < -0.3 is 10.6 Å². The Morgan fingerprint density at radius 1 is 1.00 bits per heavy atom. The molecule has 4 bridgehead atoms. The quantitative estimate of drug-likeness (QED) is 0.869. The van der Waals surface area contributed by atoms with Crippen LogP contribution in [0.4, 0.5) is 0 Å². The van der Waals surface area contributed by atoms with Crippen LogP contribution in [0, 0.1) is 16.2 Å². The molecular weight excluding hydrogens is 320 g/mol. The lowest BCUT2D eigenvalue weighted by atomic mass is 9.59. The summed E-state index contributed by atoms with van der Waals surface area (Å²) in [6.45, 7) is 6.98. The van der Waals surface area contributed by atoms with E-state index in [2.05, 4.69) is 54.8 Å². The molecule has 6 rings (SSSR count). The Balaban J connectivity index is 1.49. The minimum Gasteiger partial charge on any atom is -0.353 e. The molecular formula is C23H32N2O. The number of rotatable bonds is 3. The van der Waals surface area contributed by atoms with Crippen LogP contribution in [0.5, 0.6) is 0 Å². The number of piperidine rings is 1. The van der Waals surface area contributed by atoms with E-state index in [1.165, 1.54) is 18.4 Å². The van der Waals surface area contributed by atoms with Crippen molar-refractivity contribution >= 4 is 5.91 Å². The first-order valence-corrected chi connectivity index (χ1v) is 10.5. The van der Waals surface area contributed by atoms with Gasteiger partial charge in [-0.05, 0) is 74.4 Å². The first-order chi connectivity index (χ1) is 12.4. The monoisotopic (exact) mass is 352 g/mol. The molecule has 140 valence electrons. The first kappa shape index (κ1) is 16.8. The van der Waals surface area contributed by atoms with Crippen molar-refractivity contribution in [2.45, 2.75) is 70.3 Å². The molecule has 5 aliphatic rings. The van der Waals surface area contributed by atoms with E-state index >= 15 is 0 Å². The SMILES string of the molecule is CC12CC3(C(=O)NC4CCNCC4)CC(C)(C1)C(c1ccccc1)(C2)C3. The molecule has 3 nitrogen and oxygen atoms in total. The van der Waals surface area contributed by atoms with Gasteiger partial charge in [-0.25, -0.2) is 0 Å². The van der Waals surface area contributed by atoms with Gasteiger partial charge >= 0.3 is 0 Å². The van der Waals surface area contributed by atoms with Crippen molar-refractivity contribution in [1.29, 1.82) is 0 Å². The van der Waals surface area contributed by atoms with Gasteiger partial charge in [0.2, 0.25) is 5.91 Å². The van der Waals surface area contributed by atoms with Gasteiger partial charge in [-0.2, -0.15) is 0 Å². The van der Waals surface area contributed by atoms with Crippen molar-refractivity contribution in [3.8, 4) is 0 Å². The summed E-state index contributed by atoms with van der Waals surface area (Å²) in [5.41, 5.74) is 2.08. The Hall–Kier alpha value is -1.35. The molecule has 1 amide bonds. The van der Waals surface area contributed by atoms with Gasteiger partial charge in [0.15, 0.2) is 0 Å². The molecule has 0 aromatic heterocycles. The maximum atomic E-state index is 13.5. The van der Waals surface area contributed by atoms with Crippen LogP contribution in [0.1, 0.15) is 64.4 Å². The molecule has 4 aliphatic carbocycles. The van der Waals surface area contributed by atoms with Gasteiger partial charge in [0.05, 0.1) is 5.41 Å². The highest BCUT2D eigenvalue weighted by atomic mass is 16.2. The topological polar surface area (TPSA) is 41.1 Å². The van der Waals surface area contributed by atoms with Crippen molar-refractivity contribution in [1.82, 2.24) is 10.6 Å². The highest BCUT2D eigenvalue weighted by molar-refractivity contribution is 5.84.